The number of hydrogen-bond acceptors (Lipinski definition) is 4. The van der Waals surface area contributed by atoms with E-state index in [1.165, 1.54) is 25.2 Å². The summed E-state index contributed by atoms with van der Waals surface area (Å²) in [6.45, 7) is 1.87. The van der Waals surface area contributed by atoms with Crippen molar-refractivity contribution in [3.05, 3.63) is 67.1 Å². The lowest BCUT2D eigenvalue weighted by Crippen LogP contribution is -2.29. The van der Waals surface area contributed by atoms with Gasteiger partial charge in [-0.15, -0.1) is 0 Å². The number of benzene rings is 2. The van der Waals surface area contributed by atoms with Gasteiger partial charge in [0.15, 0.2) is 0 Å². The van der Waals surface area contributed by atoms with Crippen LogP contribution in [-0.2, 0) is 10.0 Å². The number of aromatic nitrogens is 2. The molecule has 0 unspecified atom stereocenters. The summed E-state index contributed by atoms with van der Waals surface area (Å²) in [5.74, 6) is 0. The van der Waals surface area contributed by atoms with E-state index in [4.69, 9.17) is 0 Å². The fourth-order valence-electron chi connectivity index (χ4n) is 2.38. The molecule has 25 heavy (non-hydrogen) atoms. The van der Waals surface area contributed by atoms with Crippen molar-refractivity contribution >= 4 is 42.7 Å². The van der Waals surface area contributed by atoms with E-state index in [0.29, 0.717) is 11.2 Å². The summed E-state index contributed by atoms with van der Waals surface area (Å²) in [4.78, 5) is 27.6. The summed E-state index contributed by atoms with van der Waals surface area (Å²) in [6.07, 6.45) is 0. The van der Waals surface area contributed by atoms with Gasteiger partial charge in [-0.3, -0.25) is 13.9 Å². The van der Waals surface area contributed by atoms with E-state index in [1.54, 1.807) is 18.2 Å². The minimum Gasteiger partial charge on any atom is -0.316 e. The first-order valence-electron chi connectivity index (χ1n) is 7.21. The molecule has 1 heterocycles. The maximum absolute atomic E-state index is 12.9. The fraction of sp³-hybridized carbons (Fsp3) is 0.125. The van der Waals surface area contributed by atoms with Crippen molar-refractivity contribution in [2.75, 3.05) is 11.4 Å². The van der Waals surface area contributed by atoms with Gasteiger partial charge in [-0.25, -0.2) is 8.42 Å². The number of halogens is 1. The molecule has 1 aromatic heterocycles. The predicted octanol–water partition coefficient (Wildman–Crippen LogP) is 2.11. The Labute approximate surface area is 151 Å². The third kappa shape index (κ3) is 3.12. The molecule has 0 amide bonds. The topological polar surface area (TPSA) is 103 Å². The van der Waals surface area contributed by atoms with Gasteiger partial charge in [-0.2, -0.15) is 0 Å². The van der Waals surface area contributed by atoms with Crippen LogP contribution in [0, 0.1) is 6.92 Å². The SMILES string of the molecule is Cc1cc(N(C)S(=O)(=O)c2ccc3[nH]c(=O)c(=O)[nH]c3c2)ccc1Br. The zero-order valence-corrected chi connectivity index (χ0v) is 15.7. The molecule has 2 aromatic carbocycles. The highest BCUT2D eigenvalue weighted by atomic mass is 79.9. The molecular weight excluding hydrogens is 410 g/mol. The highest BCUT2D eigenvalue weighted by Crippen LogP contribution is 2.27. The number of H-pyrrole nitrogens is 2. The zero-order valence-electron chi connectivity index (χ0n) is 13.3. The molecule has 3 aromatic rings. The van der Waals surface area contributed by atoms with Crippen LogP contribution in [-0.4, -0.2) is 25.4 Å². The van der Waals surface area contributed by atoms with Crippen LogP contribution in [0.1, 0.15) is 5.56 Å². The molecule has 0 aliphatic rings. The second-order valence-electron chi connectivity index (χ2n) is 5.52. The van der Waals surface area contributed by atoms with Crippen LogP contribution in [0.3, 0.4) is 0 Å². The zero-order chi connectivity index (χ0) is 18.4. The number of aromatic amines is 2. The Morgan fingerprint density at radius 1 is 0.960 bits per heavy atom. The predicted molar refractivity (Wildman–Crippen MR) is 99.7 cm³/mol. The number of rotatable bonds is 3. The summed E-state index contributed by atoms with van der Waals surface area (Å²) >= 11 is 3.38. The van der Waals surface area contributed by atoms with Gasteiger partial charge < -0.3 is 9.97 Å². The van der Waals surface area contributed by atoms with Crippen LogP contribution < -0.4 is 15.4 Å². The molecule has 0 atom stereocenters. The van der Waals surface area contributed by atoms with Crippen molar-refractivity contribution in [1.29, 1.82) is 0 Å². The van der Waals surface area contributed by atoms with Gasteiger partial charge in [-0.1, -0.05) is 15.9 Å². The minimum absolute atomic E-state index is 0.00534. The summed E-state index contributed by atoms with van der Waals surface area (Å²) < 4.78 is 27.8. The van der Waals surface area contributed by atoms with Crippen molar-refractivity contribution in [2.45, 2.75) is 11.8 Å². The van der Waals surface area contributed by atoms with Gasteiger partial charge in [0.05, 0.1) is 21.6 Å². The fourth-order valence-corrected chi connectivity index (χ4v) is 3.84. The monoisotopic (exact) mass is 423 g/mol. The Kier molecular flexibility index (Phi) is 4.29. The molecule has 0 aliphatic carbocycles. The van der Waals surface area contributed by atoms with E-state index in [2.05, 4.69) is 25.9 Å². The quantitative estimate of drug-likeness (QED) is 0.629. The van der Waals surface area contributed by atoms with E-state index in [9.17, 15) is 18.0 Å². The largest absolute Gasteiger partial charge is 0.316 e. The van der Waals surface area contributed by atoms with Crippen LogP contribution in [0.4, 0.5) is 5.69 Å². The Balaban J connectivity index is 2.11. The Hall–Kier alpha value is -2.39. The molecule has 0 saturated carbocycles. The number of nitrogens with one attached hydrogen (secondary N) is 2. The maximum Gasteiger partial charge on any atom is 0.314 e. The lowest BCUT2D eigenvalue weighted by molar-refractivity contribution is 0.594. The maximum atomic E-state index is 12.9. The van der Waals surface area contributed by atoms with E-state index in [1.807, 2.05) is 6.92 Å². The van der Waals surface area contributed by atoms with Gasteiger partial charge >= 0.3 is 11.1 Å². The number of fused-ring (bicyclic) bond motifs is 1. The summed E-state index contributed by atoms with van der Waals surface area (Å²) in [5, 5.41) is 0. The van der Waals surface area contributed by atoms with E-state index < -0.39 is 21.1 Å². The molecule has 0 saturated heterocycles. The summed E-state index contributed by atoms with van der Waals surface area (Å²) in [6, 6.07) is 9.37. The van der Waals surface area contributed by atoms with Crippen LogP contribution in [0.15, 0.2) is 55.4 Å². The molecule has 0 spiro atoms. The molecule has 0 fully saturated rings. The Morgan fingerprint density at radius 2 is 1.60 bits per heavy atom. The first kappa shape index (κ1) is 17.4. The van der Waals surface area contributed by atoms with Crippen LogP contribution in [0.5, 0.6) is 0 Å². The number of aryl methyl sites for hydroxylation is 1. The number of anilines is 1. The van der Waals surface area contributed by atoms with E-state index >= 15 is 0 Å². The number of hydrogen-bond donors (Lipinski definition) is 2. The van der Waals surface area contributed by atoms with E-state index in [-0.39, 0.29) is 10.4 Å². The molecule has 0 radical (unpaired) electrons. The lowest BCUT2D eigenvalue weighted by Gasteiger charge is -2.20. The number of nitrogens with zero attached hydrogens (tertiary/aromatic N) is 1. The summed E-state index contributed by atoms with van der Waals surface area (Å²) in [7, 11) is -2.38. The molecular formula is C16H14BrN3O4S. The van der Waals surface area contributed by atoms with Crippen LogP contribution >= 0.6 is 15.9 Å². The van der Waals surface area contributed by atoms with Crippen molar-refractivity contribution in [1.82, 2.24) is 9.97 Å². The van der Waals surface area contributed by atoms with Crippen LogP contribution in [0.25, 0.3) is 11.0 Å². The van der Waals surface area contributed by atoms with Gasteiger partial charge in [0.25, 0.3) is 10.0 Å². The Morgan fingerprint density at radius 3 is 2.24 bits per heavy atom. The molecule has 9 heteroatoms. The van der Waals surface area contributed by atoms with Crippen molar-refractivity contribution in [3.8, 4) is 0 Å². The third-order valence-electron chi connectivity index (χ3n) is 3.86. The van der Waals surface area contributed by atoms with Gasteiger partial charge in [0.1, 0.15) is 0 Å². The van der Waals surface area contributed by atoms with E-state index in [0.717, 1.165) is 14.3 Å². The molecule has 130 valence electrons. The van der Waals surface area contributed by atoms with Crippen molar-refractivity contribution < 1.29 is 8.42 Å². The normalized spacial score (nSPS) is 11.6. The molecule has 0 bridgehead atoms. The second kappa shape index (κ2) is 6.16. The standard InChI is InChI=1S/C16H14BrN3O4S/c1-9-7-10(3-5-12(9)17)20(2)25(23,24)11-4-6-13-14(8-11)19-16(22)15(21)18-13/h3-8H,1-2H3,(H,18,21)(H,19,22). The molecule has 7 nitrogen and oxygen atoms in total. The first-order chi connectivity index (χ1) is 11.7. The highest BCUT2D eigenvalue weighted by molar-refractivity contribution is 9.10. The highest BCUT2D eigenvalue weighted by Gasteiger charge is 2.22. The van der Waals surface area contributed by atoms with Crippen molar-refractivity contribution in [3.63, 3.8) is 0 Å². The average Bonchev–Trinajstić information content (AvgIpc) is 2.57. The first-order valence-corrected chi connectivity index (χ1v) is 9.45. The average molecular weight is 424 g/mol. The molecule has 0 aliphatic heterocycles. The van der Waals surface area contributed by atoms with Gasteiger partial charge in [0, 0.05) is 11.5 Å². The van der Waals surface area contributed by atoms with Crippen LogP contribution in [0.2, 0.25) is 0 Å². The van der Waals surface area contributed by atoms with Crippen molar-refractivity contribution in [2.24, 2.45) is 0 Å². The second-order valence-corrected chi connectivity index (χ2v) is 8.35. The Bertz CT molecular complexity index is 1200. The number of sulfonamides is 1. The molecule has 3 rings (SSSR count). The van der Waals surface area contributed by atoms with Gasteiger partial charge in [-0.05, 0) is 48.9 Å². The smallest absolute Gasteiger partial charge is 0.314 e. The molecule has 2 N–H and O–H groups in total. The summed E-state index contributed by atoms with van der Waals surface area (Å²) in [5.41, 5.74) is 0.386. The lowest BCUT2D eigenvalue weighted by atomic mass is 10.2. The third-order valence-corrected chi connectivity index (χ3v) is 6.53. The van der Waals surface area contributed by atoms with Gasteiger partial charge in [0.2, 0.25) is 0 Å². The minimum atomic E-state index is -3.83.